The van der Waals surface area contributed by atoms with Crippen LogP contribution in [0.4, 0.5) is 5.82 Å². The summed E-state index contributed by atoms with van der Waals surface area (Å²) in [4.78, 5) is 6.83. The highest BCUT2D eigenvalue weighted by Gasteiger charge is 2.08. The van der Waals surface area contributed by atoms with Crippen LogP contribution in [-0.4, -0.2) is 25.6 Å². The number of nitrogens with two attached hydrogens (primary N) is 1. The lowest BCUT2D eigenvalue weighted by Crippen LogP contribution is -2.14. The summed E-state index contributed by atoms with van der Waals surface area (Å²) in [7, 11) is 4.07. The molecule has 1 aromatic carbocycles. The van der Waals surface area contributed by atoms with Gasteiger partial charge in [0.2, 0.25) is 0 Å². The van der Waals surface area contributed by atoms with Gasteiger partial charge < -0.3 is 10.6 Å². The van der Waals surface area contributed by atoms with Crippen LogP contribution >= 0.6 is 0 Å². The van der Waals surface area contributed by atoms with Gasteiger partial charge >= 0.3 is 0 Å². The molecule has 0 aliphatic carbocycles. The zero-order valence-electron chi connectivity index (χ0n) is 11.4. The largest absolute Gasteiger partial charge is 0.362 e. The molecule has 0 saturated heterocycles. The van der Waals surface area contributed by atoms with Crippen LogP contribution in [0.1, 0.15) is 17.5 Å². The number of nitrogens with zero attached hydrogens (tertiary/aromatic N) is 2. The number of aryl methyl sites for hydroxylation is 2. The number of pyridine rings is 1. The maximum absolute atomic E-state index is 5.61. The fraction of sp³-hybridized carbons (Fsp3) is 0.400. The molecular weight excluding hydrogens is 222 g/mol. The molecule has 0 saturated carbocycles. The predicted octanol–water partition coefficient (Wildman–Crippen LogP) is 2.50. The highest BCUT2D eigenvalue weighted by atomic mass is 15.1. The van der Waals surface area contributed by atoms with E-state index < -0.39 is 0 Å². The summed E-state index contributed by atoms with van der Waals surface area (Å²) in [5.41, 5.74) is 9.21. The number of benzene rings is 1. The van der Waals surface area contributed by atoms with Crippen LogP contribution in [0.3, 0.4) is 0 Å². The van der Waals surface area contributed by atoms with E-state index in [0.29, 0.717) is 0 Å². The third-order valence-electron chi connectivity index (χ3n) is 3.10. The van der Waals surface area contributed by atoms with Crippen molar-refractivity contribution in [2.24, 2.45) is 5.73 Å². The highest BCUT2D eigenvalue weighted by Crippen LogP contribution is 2.24. The zero-order chi connectivity index (χ0) is 13.1. The van der Waals surface area contributed by atoms with Crippen molar-refractivity contribution in [3.8, 4) is 0 Å². The van der Waals surface area contributed by atoms with Gasteiger partial charge in [-0.15, -0.1) is 0 Å². The SMILES string of the molecule is Cc1ccc2nc(N(C)C)c(CCCN)cc2c1. The van der Waals surface area contributed by atoms with Crippen LogP contribution in [-0.2, 0) is 6.42 Å². The van der Waals surface area contributed by atoms with E-state index in [-0.39, 0.29) is 0 Å². The van der Waals surface area contributed by atoms with E-state index in [4.69, 9.17) is 10.7 Å². The Labute approximate surface area is 109 Å². The van der Waals surface area contributed by atoms with Crippen LogP contribution < -0.4 is 10.6 Å². The lowest BCUT2D eigenvalue weighted by molar-refractivity contribution is 0.826. The normalized spacial score (nSPS) is 10.9. The van der Waals surface area contributed by atoms with Gasteiger partial charge in [0.15, 0.2) is 0 Å². The summed E-state index contributed by atoms with van der Waals surface area (Å²) in [6.45, 7) is 2.83. The second kappa shape index (κ2) is 5.36. The Hall–Kier alpha value is -1.61. The number of fused-ring (bicyclic) bond motifs is 1. The van der Waals surface area contributed by atoms with Crippen molar-refractivity contribution in [3.05, 3.63) is 35.4 Å². The van der Waals surface area contributed by atoms with Crippen molar-refractivity contribution in [2.75, 3.05) is 25.5 Å². The van der Waals surface area contributed by atoms with Crippen LogP contribution in [0, 0.1) is 6.92 Å². The minimum atomic E-state index is 0.721. The molecule has 0 aliphatic heterocycles. The zero-order valence-corrected chi connectivity index (χ0v) is 11.4. The van der Waals surface area contributed by atoms with Gasteiger partial charge in [-0.3, -0.25) is 0 Å². The van der Waals surface area contributed by atoms with Crippen LogP contribution in [0.25, 0.3) is 10.9 Å². The second-order valence-electron chi connectivity index (χ2n) is 4.95. The van der Waals surface area contributed by atoms with Crippen LogP contribution in [0.2, 0.25) is 0 Å². The predicted molar refractivity (Wildman–Crippen MR) is 78.2 cm³/mol. The molecule has 96 valence electrons. The molecule has 1 heterocycles. The average molecular weight is 243 g/mol. The third-order valence-corrected chi connectivity index (χ3v) is 3.10. The first kappa shape index (κ1) is 12.8. The molecular formula is C15H21N3. The van der Waals surface area contributed by atoms with E-state index in [0.717, 1.165) is 30.7 Å². The quantitative estimate of drug-likeness (QED) is 0.897. The molecule has 0 aliphatic rings. The smallest absolute Gasteiger partial charge is 0.131 e. The van der Waals surface area contributed by atoms with Crippen molar-refractivity contribution in [1.29, 1.82) is 0 Å². The van der Waals surface area contributed by atoms with Gasteiger partial charge in [0.05, 0.1) is 5.52 Å². The molecule has 0 amide bonds. The Kier molecular flexibility index (Phi) is 3.82. The van der Waals surface area contributed by atoms with Crippen molar-refractivity contribution in [1.82, 2.24) is 4.98 Å². The Balaban J connectivity index is 2.53. The maximum Gasteiger partial charge on any atom is 0.131 e. The lowest BCUT2D eigenvalue weighted by atomic mass is 10.1. The summed E-state index contributed by atoms with van der Waals surface area (Å²) in [6, 6.07) is 8.63. The molecule has 2 rings (SSSR count). The summed E-state index contributed by atoms with van der Waals surface area (Å²) in [5.74, 6) is 1.06. The van der Waals surface area contributed by atoms with Gasteiger partial charge in [-0.2, -0.15) is 0 Å². The minimum absolute atomic E-state index is 0.721. The number of hydrogen-bond acceptors (Lipinski definition) is 3. The first-order valence-electron chi connectivity index (χ1n) is 6.39. The summed E-state index contributed by atoms with van der Waals surface area (Å²) in [5, 5.41) is 1.22. The van der Waals surface area contributed by atoms with E-state index in [1.807, 2.05) is 14.1 Å². The number of anilines is 1. The Morgan fingerprint density at radius 2 is 2.00 bits per heavy atom. The molecule has 3 nitrogen and oxygen atoms in total. The van der Waals surface area contributed by atoms with Gasteiger partial charge in [0, 0.05) is 19.5 Å². The fourth-order valence-corrected chi connectivity index (χ4v) is 2.19. The summed E-state index contributed by atoms with van der Waals surface area (Å²) >= 11 is 0. The maximum atomic E-state index is 5.61. The van der Waals surface area contributed by atoms with Crippen molar-refractivity contribution in [3.63, 3.8) is 0 Å². The third kappa shape index (κ3) is 2.62. The van der Waals surface area contributed by atoms with E-state index in [1.165, 1.54) is 16.5 Å². The monoisotopic (exact) mass is 243 g/mol. The molecule has 18 heavy (non-hydrogen) atoms. The van der Waals surface area contributed by atoms with Gasteiger partial charge in [-0.1, -0.05) is 11.6 Å². The lowest BCUT2D eigenvalue weighted by Gasteiger charge is -2.17. The molecule has 0 atom stereocenters. The van der Waals surface area contributed by atoms with Gasteiger partial charge in [-0.25, -0.2) is 4.98 Å². The van der Waals surface area contributed by atoms with Crippen LogP contribution in [0.5, 0.6) is 0 Å². The van der Waals surface area contributed by atoms with Gasteiger partial charge in [-0.05, 0) is 50.1 Å². The van der Waals surface area contributed by atoms with Crippen LogP contribution in [0.15, 0.2) is 24.3 Å². The molecule has 3 heteroatoms. The molecule has 2 N–H and O–H groups in total. The molecule has 1 aromatic heterocycles. The number of aromatic nitrogens is 1. The van der Waals surface area contributed by atoms with Crippen molar-refractivity contribution in [2.45, 2.75) is 19.8 Å². The van der Waals surface area contributed by atoms with E-state index in [2.05, 4.69) is 36.1 Å². The van der Waals surface area contributed by atoms with E-state index in [1.54, 1.807) is 0 Å². The Morgan fingerprint density at radius 3 is 2.67 bits per heavy atom. The minimum Gasteiger partial charge on any atom is -0.362 e. The average Bonchev–Trinajstić information content (AvgIpc) is 2.34. The van der Waals surface area contributed by atoms with Crippen molar-refractivity contribution < 1.29 is 0 Å². The highest BCUT2D eigenvalue weighted by molar-refractivity contribution is 5.82. The molecule has 0 spiro atoms. The second-order valence-corrected chi connectivity index (χ2v) is 4.95. The number of hydrogen-bond donors (Lipinski definition) is 1. The molecule has 0 radical (unpaired) electrons. The first-order valence-corrected chi connectivity index (χ1v) is 6.39. The number of rotatable bonds is 4. The van der Waals surface area contributed by atoms with Crippen molar-refractivity contribution >= 4 is 16.7 Å². The molecule has 2 aromatic rings. The summed E-state index contributed by atoms with van der Waals surface area (Å²) < 4.78 is 0. The van der Waals surface area contributed by atoms with Gasteiger partial charge in [0.1, 0.15) is 5.82 Å². The molecule has 0 fully saturated rings. The topological polar surface area (TPSA) is 42.2 Å². The molecule has 0 unspecified atom stereocenters. The van der Waals surface area contributed by atoms with Gasteiger partial charge in [0.25, 0.3) is 0 Å². The molecule has 0 bridgehead atoms. The standard InChI is InChI=1S/C15H21N3/c1-11-6-7-14-13(9-11)10-12(5-4-8-16)15(17-14)18(2)3/h6-7,9-10H,4-5,8,16H2,1-3H3. The Bertz CT molecular complexity index is 547. The first-order chi connectivity index (χ1) is 8.61. The fourth-order valence-electron chi connectivity index (χ4n) is 2.19. The van der Waals surface area contributed by atoms with E-state index in [9.17, 15) is 0 Å². The Morgan fingerprint density at radius 1 is 1.22 bits per heavy atom. The van der Waals surface area contributed by atoms with E-state index >= 15 is 0 Å². The summed E-state index contributed by atoms with van der Waals surface area (Å²) in [6.07, 6.45) is 1.99.